The summed E-state index contributed by atoms with van der Waals surface area (Å²) in [6.07, 6.45) is 0. The molecule has 7 heteroatoms. The maximum Gasteiger partial charge on any atom is 0.339 e. The molecule has 0 saturated carbocycles. The van der Waals surface area contributed by atoms with Gasteiger partial charge in [-0.2, -0.15) is 0 Å². The first-order valence-electron chi connectivity index (χ1n) is 9.75. The first kappa shape index (κ1) is 21.0. The van der Waals surface area contributed by atoms with E-state index in [1.165, 1.54) is 0 Å². The number of hydrogen-bond donors (Lipinski definition) is 0. The molecule has 0 saturated heterocycles. The monoisotopic (exact) mass is 439 g/mol. The molecular formula is C24H22ClNO5. The predicted molar refractivity (Wildman–Crippen MR) is 121 cm³/mol. The van der Waals surface area contributed by atoms with Crippen molar-refractivity contribution in [2.45, 2.75) is 20.8 Å². The average molecular weight is 440 g/mol. The smallest absolute Gasteiger partial charge is 0.339 e. The summed E-state index contributed by atoms with van der Waals surface area (Å²) < 4.78 is 18.4. The molecule has 4 rings (SSSR count). The molecule has 160 valence electrons. The number of benzene rings is 2. The van der Waals surface area contributed by atoms with Crippen LogP contribution in [0.2, 0.25) is 5.02 Å². The van der Waals surface area contributed by atoms with Crippen molar-refractivity contribution in [1.82, 2.24) is 4.57 Å². The Morgan fingerprint density at radius 2 is 1.84 bits per heavy atom. The van der Waals surface area contributed by atoms with Gasteiger partial charge in [-0.3, -0.25) is 4.79 Å². The van der Waals surface area contributed by atoms with Crippen molar-refractivity contribution in [3.63, 3.8) is 0 Å². The Balaban J connectivity index is 1.69. The number of halogens is 1. The normalized spacial score (nSPS) is 11.3. The Hall–Kier alpha value is -3.25. The molecule has 0 amide bonds. The molecule has 0 fully saturated rings. The lowest BCUT2D eigenvalue weighted by molar-refractivity contribution is 0.0922. The molecule has 2 aromatic carbocycles. The van der Waals surface area contributed by atoms with Gasteiger partial charge in [0.1, 0.15) is 17.1 Å². The van der Waals surface area contributed by atoms with E-state index >= 15 is 0 Å². The fraction of sp³-hybridized carbons (Fsp3) is 0.250. The number of Topliss-reactive ketones (excluding diaryl/α,β-unsaturated/α-hetero) is 1. The standard InChI is InChI=1S/C24H22ClNO5/c1-12-13(2)24(28)31-21-10-22(18(25)9-16(12)21)30-11-20(27)23-14(3)26(4)19-7-6-15(29-5)8-17(19)23/h6-10H,11H2,1-5H3. The highest BCUT2D eigenvalue weighted by Crippen LogP contribution is 2.33. The van der Waals surface area contributed by atoms with Crippen LogP contribution in [0.1, 0.15) is 27.2 Å². The summed E-state index contributed by atoms with van der Waals surface area (Å²) in [6, 6.07) is 8.87. The van der Waals surface area contributed by atoms with E-state index in [2.05, 4.69) is 0 Å². The molecule has 31 heavy (non-hydrogen) atoms. The average Bonchev–Trinajstić information content (AvgIpc) is 3.00. The molecule has 0 spiro atoms. The topological polar surface area (TPSA) is 70.7 Å². The van der Waals surface area contributed by atoms with Crippen LogP contribution in [0.5, 0.6) is 11.5 Å². The van der Waals surface area contributed by atoms with Gasteiger partial charge in [0.2, 0.25) is 5.78 Å². The van der Waals surface area contributed by atoms with Crippen LogP contribution in [-0.2, 0) is 7.05 Å². The molecule has 2 heterocycles. The van der Waals surface area contributed by atoms with E-state index in [9.17, 15) is 9.59 Å². The number of carbonyl (C=O) groups excluding carboxylic acids is 1. The van der Waals surface area contributed by atoms with Crippen molar-refractivity contribution in [1.29, 1.82) is 0 Å². The Morgan fingerprint density at radius 3 is 2.55 bits per heavy atom. The third kappa shape index (κ3) is 3.47. The van der Waals surface area contributed by atoms with Gasteiger partial charge in [-0.25, -0.2) is 4.79 Å². The summed E-state index contributed by atoms with van der Waals surface area (Å²) in [4.78, 5) is 25.1. The van der Waals surface area contributed by atoms with Crippen LogP contribution in [0.3, 0.4) is 0 Å². The first-order chi connectivity index (χ1) is 14.7. The fourth-order valence-electron chi connectivity index (χ4n) is 3.80. The van der Waals surface area contributed by atoms with Gasteiger partial charge in [-0.1, -0.05) is 11.6 Å². The minimum absolute atomic E-state index is 0.186. The molecule has 0 radical (unpaired) electrons. The molecule has 0 aliphatic heterocycles. The Kier molecular flexibility index (Phi) is 5.27. The van der Waals surface area contributed by atoms with Crippen molar-refractivity contribution in [3.05, 3.63) is 68.2 Å². The van der Waals surface area contributed by atoms with E-state index in [1.54, 1.807) is 26.2 Å². The number of hydrogen-bond acceptors (Lipinski definition) is 5. The highest BCUT2D eigenvalue weighted by Gasteiger charge is 2.20. The molecule has 0 atom stereocenters. The minimum Gasteiger partial charge on any atom is -0.497 e. The van der Waals surface area contributed by atoms with Crippen LogP contribution >= 0.6 is 11.6 Å². The number of aromatic nitrogens is 1. The second-order valence-corrected chi connectivity index (χ2v) is 7.94. The van der Waals surface area contributed by atoms with Gasteiger partial charge in [0.25, 0.3) is 0 Å². The van der Waals surface area contributed by atoms with Gasteiger partial charge in [-0.15, -0.1) is 0 Å². The summed E-state index contributed by atoms with van der Waals surface area (Å²) in [5, 5.41) is 1.88. The minimum atomic E-state index is -0.408. The molecule has 0 aliphatic rings. The van der Waals surface area contributed by atoms with Gasteiger partial charge in [0, 0.05) is 46.2 Å². The number of ketones is 1. The quantitative estimate of drug-likeness (QED) is 0.318. The van der Waals surface area contributed by atoms with E-state index in [0.717, 1.165) is 27.5 Å². The Labute approximate surface area is 183 Å². The molecule has 0 N–H and O–H groups in total. The number of fused-ring (bicyclic) bond motifs is 2. The van der Waals surface area contributed by atoms with Crippen molar-refractivity contribution >= 4 is 39.3 Å². The number of rotatable bonds is 5. The van der Waals surface area contributed by atoms with Gasteiger partial charge in [-0.05, 0) is 50.6 Å². The number of ether oxygens (including phenoxy) is 2. The first-order valence-corrected chi connectivity index (χ1v) is 10.1. The molecule has 0 bridgehead atoms. The summed E-state index contributed by atoms with van der Waals surface area (Å²) in [7, 11) is 3.50. The van der Waals surface area contributed by atoms with E-state index < -0.39 is 5.63 Å². The van der Waals surface area contributed by atoms with E-state index in [0.29, 0.717) is 27.5 Å². The fourth-order valence-corrected chi connectivity index (χ4v) is 4.02. The molecule has 0 aliphatic carbocycles. The number of methoxy groups -OCH3 is 1. The van der Waals surface area contributed by atoms with Gasteiger partial charge in [0.15, 0.2) is 6.61 Å². The van der Waals surface area contributed by atoms with Crippen LogP contribution in [0, 0.1) is 20.8 Å². The van der Waals surface area contributed by atoms with Gasteiger partial charge in [0.05, 0.1) is 12.1 Å². The largest absolute Gasteiger partial charge is 0.497 e. The third-order valence-electron chi connectivity index (χ3n) is 5.85. The number of aryl methyl sites for hydroxylation is 2. The highest BCUT2D eigenvalue weighted by atomic mass is 35.5. The zero-order valence-electron chi connectivity index (χ0n) is 18.0. The Bertz CT molecular complexity index is 1410. The van der Waals surface area contributed by atoms with Crippen LogP contribution in [0.25, 0.3) is 21.9 Å². The molecule has 2 aromatic heterocycles. The summed E-state index contributed by atoms with van der Waals surface area (Å²) in [5.41, 5.74) is 3.63. The lowest BCUT2D eigenvalue weighted by Gasteiger charge is -2.11. The maximum atomic E-state index is 13.1. The second-order valence-electron chi connectivity index (χ2n) is 7.53. The van der Waals surface area contributed by atoms with Gasteiger partial charge >= 0.3 is 5.63 Å². The van der Waals surface area contributed by atoms with Crippen LogP contribution in [0.4, 0.5) is 0 Å². The summed E-state index contributed by atoms with van der Waals surface area (Å²) >= 11 is 6.39. The third-order valence-corrected chi connectivity index (χ3v) is 6.14. The maximum absolute atomic E-state index is 13.1. The summed E-state index contributed by atoms with van der Waals surface area (Å²) in [6.45, 7) is 5.23. The van der Waals surface area contributed by atoms with Crippen LogP contribution < -0.4 is 15.1 Å². The lowest BCUT2D eigenvalue weighted by Crippen LogP contribution is -2.13. The van der Waals surface area contributed by atoms with E-state index in [4.69, 9.17) is 25.5 Å². The number of nitrogens with zero attached hydrogens (tertiary/aromatic N) is 1. The van der Waals surface area contributed by atoms with Crippen molar-refractivity contribution in [3.8, 4) is 11.5 Å². The van der Waals surface area contributed by atoms with Crippen molar-refractivity contribution in [2.24, 2.45) is 7.05 Å². The lowest BCUT2D eigenvalue weighted by atomic mass is 10.1. The molecule has 6 nitrogen and oxygen atoms in total. The zero-order valence-corrected chi connectivity index (χ0v) is 18.7. The van der Waals surface area contributed by atoms with Crippen LogP contribution in [-0.4, -0.2) is 24.1 Å². The Morgan fingerprint density at radius 1 is 1.10 bits per heavy atom. The molecular weight excluding hydrogens is 418 g/mol. The van der Waals surface area contributed by atoms with E-state index in [-0.39, 0.29) is 18.1 Å². The summed E-state index contributed by atoms with van der Waals surface area (Å²) in [5.74, 6) is 0.768. The van der Waals surface area contributed by atoms with E-state index in [1.807, 2.05) is 43.7 Å². The molecule has 0 unspecified atom stereocenters. The number of carbonyl (C=O) groups is 1. The van der Waals surface area contributed by atoms with Crippen molar-refractivity contribution in [2.75, 3.05) is 13.7 Å². The molecule has 4 aromatic rings. The SMILES string of the molecule is COc1ccc2c(c1)c(C(=O)COc1cc3oc(=O)c(C)c(C)c3cc1Cl)c(C)n2C. The second kappa shape index (κ2) is 7.78. The van der Waals surface area contributed by atoms with Crippen molar-refractivity contribution < 1.29 is 18.7 Å². The zero-order chi connectivity index (χ0) is 22.4. The predicted octanol–water partition coefficient (Wildman–Crippen LogP) is 5.13. The highest BCUT2D eigenvalue weighted by molar-refractivity contribution is 6.32. The van der Waals surface area contributed by atoms with Crippen LogP contribution in [0.15, 0.2) is 39.5 Å². The van der Waals surface area contributed by atoms with Gasteiger partial charge < -0.3 is 18.5 Å².